The van der Waals surface area contributed by atoms with Gasteiger partial charge in [-0.15, -0.1) is 0 Å². The van der Waals surface area contributed by atoms with E-state index < -0.39 is 40.4 Å². The van der Waals surface area contributed by atoms with Crippen molar-refractivity contribution in [3.63, 3.8) is 0 Å². The molecule has 1 heterocycles. The number of ether oxygens (including phenoxy) is 1. The van der Waals surface area contributed by atoms with Crippen LogP contribution in [0, 0.1) is 5.82 Å². The second-order valence-corrected chi connectivity index (χ2v) is 10.5. The van der Waals surface area contributed by atoms with E-state index in [1.54, 1.807) is 12.4 Å². The van der Waals surface area contributed by atoms with Crippen molar-refractivity contribution in [3.8, 4) is 0 Å². The number of anilines is 3. The molecule has 0 radical (unpaired) electrons. The molecule has 1 saturated carbocycles. The minimum absolute atomic E-state index is 0.0343. The standard InChI is InChI=1S/C22H27F4N5O4S/c1-13(9-22(24,25)26)27-12-20(32)35-17-5-3-14(7-17)15-10-28-21(29-11-15)30-19-6-4-16(8-18(19)23)31-36(2,33)34/h4,6,8,10-11,13-14,17,27,31H,3,5,7,9,12H2,1-2H3,(H,28,29,30)/t13-,14-,17+/m0/s1. The van der Waals surface area contributed by atoms with Crippen molar-refractivity contribution in [2.24, 2.45) is 0 Å². The number of nitrogens with zero attached hydrogens (tertiary/aromatic N) is 2. The molecule has 3 N–H and O–H groups in total. The van der Waals surface area contributed by atoms with Crippen LogP contribution in [0.3, 0.4) is 0 Å². The average molecular weight is 534 g/mol. The van der Waals surface area contributed by atoms with E-state index in [1.807, 2.05) is 0 Å². The van der Waals surface area contributed by atoms with Crippen molar-refractivity contribution >= 4 is 33.3 Å². The molecule has 0 amide bonds. The first-order valence-electron chi connectivity index (χ1n) is 11.1. The Balaban J connectivity index is 1.48. The quantitative estimate of drug-likeness (QED) is 0.311. The van der Waals surface area contributed by atoms with Crippen LogP contribution in [-0.4, -0.2) is 55.5 Å². The maximum absolute atomic E-state index is 14.3. The third-order valence-electron chi connectivity index (χ3n) is 5.48. The van der Waals surface area contributed by atoms with Gasteiger partial charge in [0, 0.05) is 24.5 Å². The molecule has 0 saturated heterocycles. The monoisotopic (exact) mass is 533 g/mol. The number of alkyl halides is 3. The Kier molecular flexibility index (Phi) is 8.71. The van der Waals surface area contributed by atoms with E-state index in [0.717, 1.165) is 24.3 Å². The first-order valence-corrected chi connectivity index (χ1v) is 13.0. The summed E-state index contributed by atoms with van der Waals surface area (Å²) in [4.78, 5) is 20.4. The molecule has 198 valence electrons. The second kappa shape index (κ2) is 11.4. The first kappa shape index (κ1) is 27.6. The predicted octanol–water partition coefficient (Wildman–Crippen LogP) is 3.84. The topological polar surface area (TPSA) is 122 Å². The van der Waals surface area contributed by atoms with Gasteiger partial charge in [-0.1, -0.05) is 0 Å². The molecule has 1 aliphatic carbocycles. The van der Waals surface area contributed by atoms with Gasteiger partial charge in [0.2, 0.25) is 16.0 Å². The van der Waals surface area contributed by atoms with Gasteiger partial charge < -0.3 is 15.4 Å². The molecule has 1 aliphatic rings. The Morgan fingerprint density at radius 2 is 1.92 bits per heavy atom. The highest BCUT2D eigenvalue weighted by molar-refractivity contribution is 7.92. The molecule has 9 nitrogen and oxygen atoms in total. The molecule has 36 heavy (non-hydrogen) atoms. The Morgan fingerprint density at radius 3 is 2.53 bits per heavy atom. The highest BCUT2D eigenvalue weighted by Gasteiger charge is 2.31. The lowest BCUT2D eigenvalue weighted by Gasteiger charge is -2.17. The Bertz CT molecular complexity index is 1160. The van der Waals surface area contributed by atoms with Crippen LogP contribution in [0.25, 0.3) is 0 Å². The van der Waals surface area contributed by atoms with Gasteiger partial charge in [0.1, 0.15) is 11.9 Å². The van der Waals surface area contributed by atoms with Crippen LogP contribution < -0.4 is 15.4 Å². The Labute approximate surface area is 206 Å². The molecule has 1 aromatic carbocycles. The third kappa shape index (κ3) is 8.90. The van der Waals surface area contributed by atoms with Crippen LogP contribution in [0.5, 0.6) is 0 Å². The fraction of sp³-hybridized carbons (Fsp3) is 0.500. The first-order chi connectivity index (χ1) is 16.8. The maximum atomic E-state index is 14.3. The van der Waals surface area contributed by atoms with E-state index in [1.165, 1.54) is 19.1 Å². The zero-order valence-corrected chi connectivity index (χ0v) is 20.4. The highest BCUT2D eigenvalue weighted by Crippen LogP contribution is 2.35. The average Bonchev–Trinajstić information content (AvgIpc) is 3.21. The summed E-state index contributed by atoms with van der Waals surface area (Å²) in [5, 5.41) is 5.25. The maximum Gasteiger partial charge on any atom is 0.390 e. The number of nitrogens with one attached hydrogen (secondary N) is 3. The van der Waals surface area contributed by atoms with Gasteiger partial charge in [-0.25, -0.2) is 22.8 Å². The fourth-order valence-corrected chi connectivity index (χ4v) is 4.44. The largest absolute Gasteiger partial charge is 0.461 e. The van der Waals surface area contributed by atoms with Gasteiger partial charge in [-0.3, -0.25) is 9.52 Å². The highest BCUT2D eigenvalue weighted by atomic mass is 32.2. The SMILES string of the molecule is C[C@@H](CC(F)(F)F)NCC(=O)O[C@@H]1CC[C@H](c2cnc(Nc3ccc(NS(C)(=O)=O)cc3F)nc2)C1. The normalized spacial score (nSPS) is 19.1. The summed E-state index contributed by atoms with van der Waals surface area (Å²) in [6.07, 6.45) is 0.293. The lowest BCUT2D eigenvalue weighted by molar-refractivity contribution is -0.150. The summed E-state index contributed by atoms with van der Waals surface area (Å²) in [7, 11) is -3.53. The molecule has 3 atom stereocenters. The van der Waals surface area contributed by atoms with Crippen molar-refractivity contribution in [2.75, 3.05) is 22.8 Å². The van der Waals surface area contributed by atoms with Gasteiger partial charge in [0.05, 0.1) is 30.6 Å². The van der Waals surface area contributed by atoms with E-state index in [9.17, 15) is 30.8 Å². The number of sulfonamides is 1. The number of benzene rings is 1. The van der Waals surface area contributed by atoms with Crippen molar-refractivity contribution in [1.29, 1.82) is 0 Å². The summed E-state index contributed by atoms with van der Waals surface area (Å²) in [5.41, 5.74) is 0.955. The van der Waals surface area contributed by atoms with Crippen molar-refractivity contribution in [3.05, 3.63) is 42.0 Å². The van der Waals surface area contributed by atoms with Crippen LogP contribution in [0.15, 0.2) is 30.6 Å². The summed E-state index contributed by atoms with van der Waals surface area (Å²) in [6, 6.07) is 2.89. The molecule has 1 aromatic heterocycles. The van der Waals surface area contributed by atoms with Crippen LogP contribution in [0.1, 0.15) is 44.1 Å². The van der Waals surface area contributed by atoms with Crippen molar-refractivity contribution < 1.29 is 35.5 Å². The Morgan fingerprint density at radius 1 is 1.22 bits per heavy atom. The smallest absolute Gasteiger partial charge is 0.390 e. The molecule has 0 bridgehead atoms. The summed E-state index contributed by atoms with van der Waals surface area (Å²) < 4.78 is 81.5. The van der Waals surface area contributed by atoms with Gasteiger partial charge >= 0.3 is 12.1 Å². The Hall–Kier alpha value is -3.00. The summed E-state index contributed by atoms with van der Waals surface area (Å²) >= 11 is 0. The molecular formula is C22H27F4N5O4S. The van der Waals surface area contributed by atoms with Crippen molar-refractivity contribution in [1.82, 2.24) is 15.3 Å². The second-order valence-electron chi connectivity index (χ2n) is 8.76. The predicted molar refractivity (Wildman–Crippen MR) is 125 cm³/mol. The third-order valence-corrected chi connectivity index (χ3v) is 6.08. The molecule has 0 spiro atoms. The number of hydrogen-bond donors (Lipinski definition) is 3. The van der Waals surface area contributed by atoms with Gasteiger partial charge in [0.15, 0.2) is 0 Å². The number of rotatable bonds is 10. The van der Waals surface area contributed by atoms with Gasteiger partial charge in [-0.05, 0) is 49.8 Å². The van der Waals surface area contributed by atoms with E-state index in [4.69, 9.17) is 4.74 Å². The van der Waals surface area contributed by atoms with Gasteiger partial charge in [-0.2, -0.15) is 13.2 Å². The lowest BCUT2D eigenvalue weighted by Crippen LogP contribution is -2.36. The number of hydrogen-bond acceptors (Lipinski definition) is 8. The number of halogens is 4. The van der Waals surface area contributed by atoms with Crippen LogP contribution in [-0.2, 0) is 19.6 Å². The molecule has 1 fully saturated rings. The van der Waals surface area contributed by atoms with Crippen molar-refractivity contribution in [2.45, 2.75) is 56.8 Å². The molecule has 3 rings (SSSR count). The minimum atomic E-state index is -4.31. The lowest BCUT2D eigenvalue weighted by atomic mass is 10.0. The van der Waals surface area contributed by atoms with Crippen LogP contribution >= 0.6 is 0 Å². The van der Waals surface area contributed by atoms with Gasteiger partial charge in [0.25, 0.3) is 0 Å². The number of carbonyl (C=O) groups excluding carboxylic acids is 1. The number of esters is 1. The van der Waals surface area contributed by atoms with E-state index in [2.05, 4.69) is 25.3 Å². The summed E-state index contributed by atoms with van der Waals surface area (Å²) in [6.45, 7) is 1.05. The number of carbonyl (C=O) groups is 1. The molecule has 2 aromatic rings. The molecule has 14 heteroatoms. The fourth-order valence-electron chi connectivity index (χ4n) is 3.88. The molecular weight excluding hydrogens is 506 g/mol. The van der Waals surface area contributed by atoms with E-state index in [0.29, 0.717) is 12.8 Å². The van der Waals surface area contributed by atoms with Crippen LogP contribution in [0.2, 0.25) is 0 Å². The summed E-state index contributed by atoms with van der Waals surface area (Å²) in [5.74, 6) is -1.13. The van der Waals surface area contributed by atoms with E-state index >= 15 is 0 Å². The molecule has 0 aliphatic heterocycles. The zero-order valence-electron chi connectivity index (χ0n) is 19.6. The molecule has 0 unspecified atom stereocenters. The zero-order chi connectivity index (χ0) is 26.5. The minimum Gasteiger partial charge on any atom is -0.461 e. The van der Waals surface area contributed by atoms with E-state index in [-0.39, 0.29) is 35.9 Å². The van der Waals surface area contributed by atoms with Crippen LogP contribution in [0.4, 0.5) is 34.9 Å². The number of aromatic nitrogens is 2.